The number of fused-ring (bicyclic) bond motifs is 1. The number of aliphatic hydroxyl groups is 2. The number of hydrogen-bond donors (Lipinski definition) is 3. The zero-order valence-corrected chi connectivity index (χ0v) is 8.91. The van der Waals surface area contributed by atoms with E-state index in [0.717, 1.165) is 0 Å². The maximum absolute atomic E-state index is 9.92. The predicted molar refractivity (Wildman–Crippen MR) is 57.9 cm³/mol. The first-order chi connectivity index (χ1) is 7.74. The topological polar surface area (TPSA) is 82.7 Å². The van der Waals surface area contributed by atoms with Crippen LogP contribution in [-0.2, 0) is 0 Å². The zero-order chi connectivity index (χ0) is 11.5. The Hall–Kier alpha value is -1.50. The van der Waals surface area contributed by atoms with E-state index in [2.05, 4.69) is 15.4 Å². The van der Waals surface area contributed by atoms with Gasteiger partial charge in [-0.25, -0.2) is 9.50 Å². The van der Waals surface area contributed by atoms with Gasteiger partial charge in [0.15, 0.2) is 5.65 Å². The molecule has 2 aromatic rings. The Balaban J connectivity index is 2.32. The average molecular weight is 222 g/mol. The van der Waals surface area contributed by atoms with Gasteiger partial charge in [-0.3, -0.25) is 0 Å². The summed E-state index contributed by atoms with van der Waals surface area (Å²) in [6.45, 7) is 0.307. The van der Waals surface area contributed by atoms with Crippen molar-refractivity contribution in [1.82, 2.24) is 19.9 Å². The van der Waals surface area contributed by atoms with Crippen molar-refractivity contribution in [2.75, 3.05) is 13.6 Å². The summed E-state index contributed by atoms with van der Waals surface area (Å²) < 4.78 is 1.52. The Morgan fingerprint density at radius 2 is 2.31 bits per heavy atom. The van der Waals surface area contributed by atoms with Gasteiger partial charge in [0.05, 0.1) is 18.0 Å². The number of aliphatic hydroxyl groups excluding tert-OH is 2. The second-order valence-electron chi connectivity index (χ2n) is 3.55. The Bertz CT molecular complexity index is 471. The molecule has 2 heterocycles. The van der Waals surface area contributed by atoms with E-state index in [1.807, 2.05) is 0 Å². The summed E-state index contributed by atoms with van der Waals surface area (Å²) >= 11 is 0. The second kappa shape index (κ2) is 4.56. The standard InChI is InChI=1S/C10H14N4O2/c1-11-6-8(15)10(16)7-5-12-9-3-2-4-13-14(7)9/h2-5,8,10-11,15-16H,6H2,1H3. The van der Waals surface area contributed by atoms with E-state index in [1.54, 1.807) is 25.4 Å². The average Bonchev–Trinajstić information content (AvgIpc) is 2.72. The van der Waals surface area contributed by atoms with Crippen LogP contribution in [0.5, 0.6) is 0 Å². The Kier molecular flexibility index (Phi) is 3.14. The molecule has 0 aliphatic carbocycles. The molecule has 2 atom stereocenters. The van der Waals surface area contributed by atoms with Gasteiger partial charge in [0.2, 0.25) is 0 Å². The van der Waals surface area contributed by atoms with Crippen molar-refractivity contribution in [2.45, 2.75) is 12.2 Å². The highest BCUT2D eigenvalue weighted by Gasteiger charge is 2.21. The van der Waals surface area contributed by atoms with Gasteiger partial charge in [0, 0.05) is 12.7 Å². The van der Waals surface area contributed by atoms with Crippen LogP contribution in [0.3, 0.4) is 0 Å². The molecule has 0 aliphatic heterocycles. The van der Waals surface area contributed by atoms with Crippen LogP contribution in [0, 0.1) is 0 Å². The zero-order valence-electron chi connectivity index (χ0n) is 8.91. The van der Waals surface area contributed by atoms with Gasteiger partial charge in [0.1, 0.15) is 6.10 Å². The maximum Gasteiger partial charge on any atom is 0.153 e. The van der Waals surface area contributed by atoms with Crippen LogP contribution in [-0.4, -0.2) is 44.5 Å². The molecular weight excluding hydrogens is 208 g/mol. The maximum atomic E-state index is 9.92. The largest absolute Gasteiger partial charge is 0.389 e. The predicted octanol–water partition coefficient (Wildman–Crippen LogP) is -0.657. The molecule has 0 bridgehead atoms. The normalized spacial score (nSPS) is 15.2. The Labute approximate surface area is 92.6 Å². The van der Waals surface area contributed by atoms with Crippen molar-refractivity contribution in [3.8, 4) is 0 Å². The molecule has 0 spiro atoms. The van der Waals surface area contributed by atoms with Crippen molar-refractivity contribution in [1.29, 1.82) is 0 Å². The summed E-state index contributed by atoms with van der Waals surface area (Å²) in [6.07, 6.45) is 1.24. The number of nitrogens with zero attached hydrogens (tertiary/aromatic N) is 3. The van der Waals surface area contributed by atoms with Gasteiger partial charge in [-0.15, -0.1) is 0 Å². The number of likely N-dealkylation sites (N-methyl/N-ethyl adjacent to an activating group) is 1. The SMILES string of the molecule is CNCC(O)C(O)c1cnc2cccnn12. The molecule has 2 rings (SSSR count). The molecule has 0 aromatic carbocycles. The van der Waals surface area contributed by atoms with Crippen LogP contribution in [0.2, 0.25) is 0 Å². The minimum atomic E-state index is -1.00. The van der Waals surface area contributed by atoms with E-state index in [4.69, 9.17) is 0 Å². The highest BCUT2D eigenvalue weighted by molar-refractivity contribution is 5.38. The van der Waals surface area contributed by atoms with Crippen molar-refractivity contribution in [3.05, 3.63) is 30.2 Å². The molecular formula is C10H14N4O2. The van der Waals surface area contributed by atoms with Gasteiger partial charge in [-0.2, -0.15) is 5.10 Å². The third-order valence-corrected chi connectivity index (χ3v) is 2.38. The van der Waals surface area contributed by atoms with E-state index >= 15 is 0 Å². The molecule has 0 saturated heterocycles. The summed E-state index contributed by atoms with van der Waals surface area (Å²) in [5.41, 5.74) is 1.13. The van der Waals surface area contributed by atoms with Crippen molar-refractivity contribution < 1.29 is 10.2 Å². The summed E-state index contributed by atoms with van der Waals surface area (Å²) in [4.78, 5) is 4.09. The molecule has 2 unspecified atom stereocenters. The minimum absolute atomic E-state index is 0.307. The van der Waals surface area contributed by atoms with Gasteiger partial charge >= 0.3 is 0 Å². The smallest absolute Gasteiger partial charge is 0.153 e. The Morgan fingerprint density at radius 3 is 3.06 bits per heavy atom. The first-order valence-electron chi connectivity index (χ1n) is 5.03. The third-order valence-electron chi connectivity index (χ3n) is 2.38. The molecule has 0 radical (unpaired) electrons. The fourth-order valence-corrected chi connectivity index (χ4v) is 1.57. The quantitative estimate of drug-likeness (QED) is 0.640. The molecule has 2 aromatic heterocycles. The van der Waals surface area contributed by atoms with E-state index in [9.17, 15) is 10.2 Å². The molecule has 0 fully saturated rings. The van der Waals surface area contributed by atoms with Gasteiger partial charge in [-0.05, 0) is 19.2 Å². The monoisotopic (exact) mass is 222 g/mol. The first-order valence-corrected chi connectivity index (χ1v) is 5.03. The summed E-state index contributed by atoms with van der Waals surface area (Å²) in [5, 5.41) is 26.4. The lowest BCUT2D eigenvalue weighted by molar-refractivity contribution is 0.0166. The van der Waals surface area contributed by atoms with Gasteiger partial charge in [0.25, 0.3) is 0 Å². The number of rotatable bonds is 4. The van der Waals surface area contributed by atoms with E-state index in [0.29, 0.717) is 17.9 Å². The molecule has 6 heteroatoms. The number of hydrogen-bond acceptors (Lipinski definition) is 5. The lowest BCUT2D eigenvalue weighted by Gasteiger charge is -2.16. The second-order valence-corrected chi connectivity index (χ2v) is 3.55. The molecule has 0 aliphatic rings. The minimum Gasteiger partial charge on any atom is -0.389 e. The fraction of sp³-hybridized carbons (Fsp3) is 0.400. The van der Waals surface area contributed by atoms with Crippen LogP contribution in [0.4, 0.5) is 0 Å². The fourth-order valence-electron chi connectivity index (χ4n) is 1.57. The van der Waals surface area contributed by atoms with E-state index in [-0.39, 0.29) is 0 Å². The number of nitrogens with one attached hydrogen (secondary N) is 1. The van der Waals surface area contributed by atoms with Gasteiger partial charge in [-0.1, -0.05) is 0 Å². The van der Waals surface area contributed by atoms with Crippen molar-refractivity contribution in [3.63, 3.8) is 0 Å². The molecule has 0 amide bonds. The summed E-state index contributed by atoms with van der Waals surface area (Å²) in [7, 11) is 1.71. The first kappa shape index (κ1) is 11.0. The highest BCUT2D eigenvalue weighted by atomic mass is 16.3. The van der Waals surface area contributed by atoms with E-state index < -0.39 is 12.2 Å². The van der Waals surface area contributed by atoms with Crippen LogP contribution < -0.4 is 5.32 Å². The molecule has 86 valence electrons. The van der Waals surface area contributed by atoms with Crippen molar-refractivity contribution in [2.24, 2.45) is 0 Å². The number of imidazole rings is 1. The Morgan fingerprint density at radius 1 is 1.50 bits per heavy atom. The molecule has 16 heavy (non-hydrogen) atoms. The lowest BCUT2D eigenvalue weighted by atomic mass is 10.1. The summed E-state index contributed by atoms with van der Waals surface area (Å²) in [5.74, 6) is 0. The molecule has 6 nitrogen and oxygen atoms in total. The van der Waals surface area contributed by atoms with Crippen LogP contribution in [0.15, 0.2) is 24.5 Å². The van der Waals surface area contributed by atoms with Crippen LogP contribution >= 0.6 is 0 Å². The molecule has 0 saturated carbocycles. The molecule has 3 N–H and O–H groups in total. The number of aromatic nitrogens is 3. The van der Waals surface area contributed by atoms with Gasteiger partial charge < -0.3 is 15.5 Å². The van der Waals surface area contributed by atoms with E-state index in [1.165, 1.54) is 10.7 Å². The van der Waals surface area contributed by atoms with Crippen molar-refractivity contribution >= 4 is 5.65 Å². The lowest BCUT2D eigenvalue weighted by Crippen LogP contribution is -2.30. The van der Waals surface area contributed by atoms with Crippen LogP contribution in [0.1, 0.15) is 11.8 Å². The third kappa shape index (κ3) is 1.90. The highest BCUT2D eigenvalue weighted by Crippen LogP contribution is 2.16. The van der Waals surface area contributed by atoms with Crippen LogP contribution in [0.25, 0.3) is 5.65 Å². The summed E-state index contributed by atoms with van der Waals surface area (Å²) in [6, 6.07) is 3.55.